The van der Waals surface area contributed by atoms with Crippen LogP contribution in [0.15, 0.2) is 11.6 Å². The van der Waals surface area contributed by atoms with Gasteiger partial charge in [-0.15, -0.1) is 0 Å². The fourth-order valence-corrected chi connectivity index (χ4v) is 2.13. The number of nitrogens with one attached hydrogen (secondary N) is 1. The lowest BCUT2D eigenvalue weighted by Crippen LogP contribution is -2.35. The highest BCUT2D eigenvalue weighted by Crippen LogP contribution is 2.12. The van der Waals surface area contributed by atoms with E-state index in [9.17, 15) is 0 Å². The lowest BCUT2D eigenvalue weighted by Gasteiger charge is -2.23. The highest BCUT2D eigenvalue weighted by molar-refractivity contribution is 5.04. The second-order valence-electron chi connectivity index (χ2n) is 4.28. The minimum atomic E-state index is 0.680. The number of hydrogen-bond acceptors (Lipinski definition) is 3. The first-order chi connectivity index (χ1) is 7.45. The zero-order valence-corrected chi connectivity index (χ0v) is 9.34. The van der Waals surface area contributed by atoms with Crippen molar-refractivity contribution in [2.75, 3.05) is 33.0 Å². The maximum atomic E-state index is 5.33. The van der Waals surface area contributed by atoms with Gasteiger partial charge in [-0.05, 0) is 32.2 Å². The molecule has 2 aliphatic rings. The van der Waals surface area contributed by atoms with Gasteiger partial charge in [-0.2, -0.15) is 0 Å². The highest BCUT2D eigenvalue weighted by Gasteiger charge is 2.12. The number of ether oxygens (including phenoxy) is 2. The van der Waals surface area contributed by atoms with E-state index in [1.54, 1.807) is 5.57 Å². The summed E-state index contributed by atoms with van der Waals surface area (Å²) in [6.45, 7) is 4.68. The van der Waals surface area contributed by atoms with E-state index in [0.29, 0.717) is 6.04 Å². The predicted molar refractivity (Wildman–Crippen MR) is 60.0 cm³/mol. The topological polar surface area (TPSA) is 30.5 Å². The molecule has 0 saturated carbocycles. The molecule has 1 fully saturated rings. The van der Waals surface area contributed by atoms with Gasteiger partial charge in [-0.25, -0.2) is 0 Å². The van der Waals surface area contributed by atoms with E-state index in [-0.39, 0.29) is 0 Å². The fourth-order valence-electron chi connectivity index (χ4n) is 2.13. The lowest BCUT2D eigenvalue weighted by molar-refractivity contribution is 0.0781. The molecule has 3 nitrogen and oxygen atoms in total. The van der Waals surface area contributed by atoms with Crippen molar-refractivity contribution >= 4 is 0 Å². The van der Waals surface area contributed by atoms with E-state index in [2.05, 4.69) is 11.4 Å². The highest BCUT2D eigenvalue weighted by atomic mass is 16.5. The second kappa shape index (κ2) is 6.26. The molecule has 0 bridgehead atoms. The van der Waals surface area contributed by atoms with E-state index < -0.39 is 0 Å². The van der Waals surface area contributed by atoms with Crippen molar-refractivity contribution in [1.82, 2.24) is 5.32 Å². The Balaban J connectivity index is 1.59. The monoisotopic (exact) mass is 211 g/mol. The fraction of sp³-hybridized carbons (Fsp3) is 0.833. The average Bonchev–Trinajstić information content (AvgIpc) is 2.32. The molecule has 0 aromatic heterocycles. The van der Waals surface area contributed by atoms with Crippen molar-refractivity contribution in [1.29, 1.82) is 0 Å². The van der Waals surface area contributed by atoms with Crippen LogP contribution in [0.25, 0.3) is 0 Å². The van der Waals surface area contributed by atoms with E-state index in [1.807, 2.05) is 0 Å². The van der Waals surface area contributed by atoms with Crippen LogP contribution in [-0.2, 0) is 9.47 Å². The van der Waals surface area contributed by atoms with Crippen LogP contribution in [0.4, 0.5) is 0 Å². The van der Waals surface area contributed by atoms with Gasteiger partial charge in [0.2, 0.25) is 0 Å². The molecule has 86 valence electrons. The molecule has 2 rings (SSSR count). The van der Waals surface area contributed by atoms with Crippen molar-refractivity contribution < 1.29 is 9.47 Å². The van der Waals surface area contributed by atoms with E-state index in [0.717, 1.165) is 39.4 Å². The molecule has 2 aliphatic heterocycles. The molecule has 0 atom stereocenters. The lowest BCUT2D eigenvalue weighted by atomic mass is 10.1. The van der Waals surface area contributed by atoms with Gasteiger partial charge in [0.25, 0.3) is 0 Å². The summed E-state index contributed by atoms with van der Waals surface area (Å²) in [6, 6.07) is 0.680. The number of rotatable bonds is 4. The summed E-state index contributed by atoms with van der Waals surface area (Å²) >= 11 is 0. The molecule has 0 amide bonds. The van der Waals surface area contributed by atoms with Crippen LogP contribution in [0.2, 0.25) is 0 Å². The van der Waals surface area contributed by atoms with Gasteiger partial charge in [0.15, 0.2) is 0 Å². The summed E-state index contributed by atoms with van der Waals surface area (Å²) in [5.74, 6) is 0. The third-order valence-electron chi connectivity index (χ3n) is 3.16. The summed E-state index contributed by atoms with van der Waals surface area (Å²) < 4.78 is 10.6. The minimum absolute atomic E-state index is 0.680. The van der Waals surface area contributed by atoms with Crippen molar-refractivity contribution in [3.63, 3.8) is 0 Å². The van der Waals surface area contributed by atoms with Gasteiger partial charge in [0.05, 0.1) is 13.2 Å². The van der Waals surface area contributed by atoms with Crippen molar-refractivity contribution in [2.45, 2.75) is 31.7 Å². The first-order valence-corrected chi connectivity index (χ1v) is 6.02. The quantitative estimate of drug-likeness (QED) is 0.715. The Morgan fingerprint density at radius 1 is 1.20 bits per heavy atom. The van der Waals surface area contributed by atoms with Crippen LogP contribution in [0.5, 0.6) is 0 Å². The molecule has 0 aliphatic carbocycles. The summed E-state index contributed by atoms with van der Waals surface area (Å²) in [6.07, 6.45) is 6.87. The molecule has 15 heavy (non-hydrogen) atoms. The Morgan fingerprint density at radius 2 is 2.07 bits per heavy atom. The average molecular weight is 211 g/mol. The zero-order chi connectivity index (χ0) is 10.3. The summed E-state index contributed by atoms with van der Waals surface area (Å²) in [5, 5.41) is 3.61. The largest absolute Gasteiger partial charge is 0.381 e. The summed E-state index contributed by atoms with van der Waals surface area (Å²) in [5.41, 5.74) is 1.56. The Bertz CT molecular complexity index is 210. The molecule has 0 aromatic carbocycles. The maximum Gasteiger partial charge on any atom is 0.0650 e. The molecule has 2 heterocycles. The van der Waals surface area contributed by atoms with Crippen LogP contribution < -0.4 is 5.32 Å². The molecule has 0 aromatic rings. The first kappa shape index (κ1) is 11.1. The molecular formula is C12H21NO2. The van der Waals surface area contributed by atoms with E-state index >= 15 is 0 Å². The SMILES string of the molecule is C1=C(CCNC2CCOCC2)CCOC1. The molecule has 0 spiro atoms. The van der Waals surface area contributed by atoms with Gasteiger partial charge in [-0.3, -0.25) is 0 Å². The molecule has 0 unspecified atom stereocenters. The second-order valence-corrected chi connectivity index (χ2v) is 4.28. The third-order valence-corrected chi connectivity index (χ3v) is 3.16. The smallest absolute Gasteiger partial charge is 0.0650 e. The van der Waals surface area contributed by atoms with Crippen LogP contribution >= 0.6 is 0 Å². The van der Waals surface area contributed by atoms with Crippen LogP contribution in [0, 0.1) is 0 Å². The van der Waals surface area contributed by atoms with Gasteiger partial charge in [0.1, 0.15) is 0 Å². The Labute approximate surface area is 91.8 Å². The first-order valence-electron chi connectivity index (χ1n) is 6.02. The van der Waals surface area contributed by atoms with Gasteiger partial charge >= 0.3 is 0 Å². The van der Waals surface area contributed by atoms with Crippen molar-refractivity contribution in [2.24, 2.45) is 0 Å². The predicted octanol–water partition coefficient (Wildman–Crippen LogP) is 1.49. The standard InChI is InChI=1S/C12H21NO2/c1(11-2-7-14-8-3-11)6-13-12-4-9-15-10-5-12/h2,12-13H,1,3-10H2. The van der Waals surface area contributed by atoms with Gasteiger partial charge in [-0.1, -0.05) is 11.6 Å². The van der Waals surface area contributed by atoms with Gasteiger partial charge < -0.3 is 14.8 Å². The molecule has 0 radical (unpaired) electrons. The van der Waals surface area contributed by atoms with E-state index in [1.165, 1.54) is 19.3 Å². The molecule has 1 saturated heterocycles. The molecule has 3 heteroatoms. The van der Waals surface area contributed by atoms with Crippen LogP contribution in [0.3, 0.4) is 0 Å². The zero-order valence-electron chi connectivity index (χ0n) is 9.34. The van der Waals surface area contributed by atoms with Crippen molar-refractivity contribution in [3.05, 3.63) is 11.6 Å². The third kappa shape index (κ3) is 3.93. The molecule has 1 N–H and O–H groups in total. The number of hydrogen-bond donors (Lipinski definition) is 1. The Morgan fingerprint density at radius 3 is 2.80 bits per heavy atom. The van der Waals surface area contributed by atoms with E-state index in [4.69, 9.17) is 9.47 Å². The van der Waals surface area contributed by atoms with Crippen LogP contribution in [0.1, 0.15) is 25.7 Å². The van der Waals surface area contributed by atoms with Crippen LogP contribution in [-0.4, -0.2) is 39.0 Å². The summed E-state index contributed by atoms with van der Waals surface area (Å²) in [4.78, 5) is 0. The maximum absolute atomic E-state index is 5.33. The normalized spacial score (nSPS) is 23.9. The Kier molecular flexibility index (Phi) is 4.64. The minimum Gasteiger partial charge on any atom is -0.381 e. The van der Waals surface area contributed by atoms with Crippen molar-refractivity contribution in [3.8, 4) is 0 Å². The summed E-state index contributed by atoms with van der Waals surface area (Å²) in [7, 11) is 0. The molecular weight excluding hydrogens is 190 g/mol. The Hall–Kier alpha value is -0.380. The van der Waals surface area contributed by atoms with Gasteiger partial charge in [0, 0.05) is 19.3 Å².